The third-order valence-electron chi connectivity index (χ3n) is 4.90. The maximum absolute atomic E-state index is 12.5. The van der Waals surface area contributed by atoms with Crippen LogP contribution >= 0.6 is 11.6 Å². The Morgan fingerprint density at radius 2 is 2.14 bits per heavy atom. The number of nitrogens with two attached hydrogens (primary N) is 1. The SMILES string of the molecule is COc1ccc2nc(N3CC[C@H](N)C3=O)c(C#N)c(-c3cccc(Cl)c3)c2c1. The number of ether oxygens (including phenoxy) is 1. The molecule has 1 aromatic heterocycles. The van der Waals surface area contributed by atoms with Gasteiger partial charge in [0, 0.05) is 22.5 Å². The minimum absolute atomic E-state index is 0.228. The molecule has 28 heavy (non-hydrogen) atoms. The van der Waals surface area contributed by atoms with E-state index in [1.54, 1.807) is 25.3 Å². The van der Waals surface area contributed by atoms with Crippen LogP contribution in [0.5, 0.6) is 5.75 Å². The number of nitrogens with zero attached hydrogens (tertiary/aromatic N) is 3. The van der Waals surface area contributed by atoms with Crippen LogP contribution in [0, 0.1) is 11.3 Å². The molecule has 1 amide bonds. The number of aromatic nitrogens is 1. The van der Waals surface area contributed by atoms with Crippen LogP contribution in [-0.2, 0) is 4.79 Å². The number of rotatable bonds is 3. The Morgan fingerprint density at radius 3 is 2.79 bits per heavy atom. The van der Waals surface area contributed by atoms with Crippen molar-refractivity contribution in [2.45, 2.75) is 12.5 Å². The van der Waals surface area contributed by atoms with Crippen molar-refractivity contribution < 1.29 is 9.53 Å². The van der Waals surface area contributed by atoms with Gasteiger partial charge >= 0.3 is 0 Å². The molecule has 4 rings (SSSR count). The zero-order valence-electron chi connectivity index (χ0n) is 15.1. The molecule has 2 aromatic carbocycles. The minimum Gasteiger partial charge on any atom is -0.497 e. The summed E-state index contributed by atoms with van der Waals surface area (Å²) in [5, 5.41) is 11.3. The zero-order chi connectivity index (χ0) is 19.8. The summed E-state index contributed by atoms with van der Waals surface area (Å²) in [6.07, 6.45) is 0.526. The number of anilines is 1. The quantitative estimate of drug-likeness (QED) is 0.736. The van der Waals surface area contributed by atoms with E-state index in [1.165, 1.54) is 4.90 Å². The van der Waals surface area contributed by atoms with E-state index >= 15 is 0 Å². The first-order valence-electron chi connectivity index (χ1n) is 8.78. The highest BCUT2D eigenvalue weighted by molar-refractivity contribution is 6.31. The number of methoxy groups -OCH3 is 1. The molecular formula is C21H17ClN4O2. The van der Waals surface area contributed by atoms with Gasteiger partial charge in [-0.05, 0) is 42.3 Å². The first-order chi connectivity index (χ1) is 13.5. The van der Waals surface area contributed by atoms with E-state index < -0.39 is 6.04 Å². The van der Waals surface area contributed by atoms with Gasteiger partial charge in [-0.2, -0.15) is 5.26 Å². The number of hydrogen-bond donors (Lipinski definition) is 1. The van der Waals surface area contributed by atoms with Crippen molar-refractivity contribution in [2.24, 2.45) is 5.73 Å². The number of pyridine rings is 1. The first-order valence-corrected chi connectivity index (χ1v) is 9.16. The molecule has 1 aliphatic heterocycles. The van der Waals surface area contributed by atoms with Gasteiger partial charge in [-0.25, -0.2) is 4.98 Å². The second-order valence-corrected chi connectivity index (χ2v) is 7.01. The van der Waals surface area contributed by atoms with Crippen LogP contribution in [0.3, 0.4) is 0 Å². The van der Waals surface area contributed by atoms with Crippen molar-refractivity contribution in [1.82, 2.24) is 4.98 Å². The molecule has 1 aliphatic rings. The van der Waals surface area contributed by atoms with Crippen molar-refractivity contribution in [1.29, 1.82) is 5.26 Å². The molecule has 1 fully saturated rings. The predicted octanol–water partition coefficient (Wildman–Crippen LogP) is 3.50. The molecule has 3 aromatic rings. The normalized spacial score (nSPS) is 16.4. The molecule has 2 heterocycles. The molecule has 0 spiro atoms. The standard InChI is InChI=1S/C21H17ClN4O2/c1-28-14-5-6-18-15(10-14)19(12-3-2-4-13(22)9-12)16(11-23)20(25-18)26-8-7-17(24)21(26)27/h2-6,9-10,17H,7-8,24H2,1H3/t17-/m0/s1. The highest BCUT2D eigenvalue weighted by Gasteiger charge is 2.33. The summed E-state index contributed by atoms with van der Waals surface area (Å²) in [6.45, 7) is 0.429. The van der Waals surface area contributed by atoms with Gasteiger partial charge in [0.2, 0.25) is 5.91 Å². The lowest BCUT2D eigenvalue weighted by atomic mass is 9.95. The van der Waals surface area contributed by atoms with Crippen molar-refractivity contribution in [3.05, 3.63) is 53.1 Å². The average molecular weight is 393 g/mol. The van der Waals surface area contributed by atoms with E-state index in [1.807, 2.05) is 24.3 Å². The smallest absolute Gasteiger partial charge is 0.245 e. The lowest BCUT2D eigenvalue weighted by molar-refractivity contribution is -0.118. The molecule has 0 unspecified atom stereocenters. The van der Waals surface area contributed by atoms with Crippen molar-refractivity contribution >= 4 is 34.2 Å². The van der Waals surface area contributed by atoms with E-state index in [9.17, 15) is 10.1 Å². The summed E-state index contributed by atoms with van der Waals surface area (Å²) < 4.78 is 5.35. The first kappa shape index (κ1) is 18.2. The Morgan fingerprint density at radius 1 is 1.32 bits per heavy atom. The number of hydrogen-bond acceptors (Lipinski definition) is 5. The molecule has 0 aliphatic carbocycles. The Balaban J connectivity index is 2.08. The fourth-order valence-corrected chi connectivity index (χ4v) is 3.70. The van der Waals surface area contributed by atoms with E-state index in [0.717, 1.165) is 10.9 Å². The van der Waals surface area contributed by atoms with Crippen LogP contribution in [-0.4, -0.2) is 30.6 Å². The monoisotopic (exact) mass is 392 g/mol. The van der Waals surface area contributed by atoms with Gasteiger partial charge in [0.15, 0.2) is 5.82 Å². The molecular weight excluding hydrogens is 376 g/mol. The number of nitriles is 1. The van der Waals surface area contributed by atoms with Crippen LogP contribution in [0.4, 0.5) is 5.82 Å². The molecule has 0 radical (unpaired) electrons. The highest BCUT2D eigenvalue weighted by atomic mass is 35.5. The highest BCUT2D eigenvalue weighted by Crippen LogP contribution is 2.39. The van der Waals surface area contributed by atoms with Crippen LogP contribution in [0.25, 0.3) is 22.0 Å². The van der Waals surface area contributed by atoms with Gasteiger partial charge in [0.1, 0.15) is 17.4 Å². The molecule has 2 N–H and O–H groups in total. The molecule has 1 saturated heterocycles. The number of halogens is 1. The van der Waals surface area contributed by atoms with Gasteiger partial charge in [-0.1, -0.05) is 23.7 Å². The van der Waals surface area contributed by atoms with Crippen LogP contribution in [0.1, 0.15) is 12.0 Å². The Kier molecular flexibility index (Phi) is 4.63. The number of carbonyl (C=O) groups is 1. The Hall–Kier alpha value is -3.14. The van der Waals surface area contributed by atoms with Crippen LogP contribution < -0.4 is 15.4 Å². The van der Waals surface area contributed by atoms with E-state index in [4.69, 9.17) is 22.1 Å². The number of fused-ring (bicyclic) bond motifs is 1. The maximum Gasteiger partial charge on any atom is 0.245 e. The second kappa shape index (κ2) is 7.12. The maximum atomic E-state index is 12.5. The van der Waals surface area contributed by atoms with Crippen molar-refractivity contribution in [3.8, 4) is 22.9 Å². The predicted molar refractivity (Wildman–Crippen MR) is 108 cm³/mol. The summed E-state index contributed by atoms with van der Waals surface area (Å²) in [4.78, 5) is 18.7. The van der Waals surface area contributed by atoms with Crippen molar-refractivity contribution in [3.63, 3.8) is 0 Å². The van der Waals surface area contributed by atoms with Crippen LogP contribution in [0.15, 0.2) is 42.5 Å². The van der Waals surface area contributed by atoms with Crippen LogP contribution in [0.2, 0.25) is 5.02 Å². The molecule has 0 saturated carbocycles. The molecule has 0 bridgehead atoms. The summed E-state index contributed by atoms with van der Waals surface area (Å²) in [5.74, 6) is 0.746. The molecule has 1 atom stereocenters. The summed E-state index contributed by atoms with van der Waals surface area (Å²) >= 11 is 6.20. The number of amides is 1. The van der Waals surface area contributed by atoms with Gasteiger partial charge in [0.05, 0.1) is 18.7 Å². The molecule has 6 nitrogen and oxygen atoms in total. The summed E-state index contributed by atoms with van der Waals surface area (Å²) in [5.41, 5.74) is 8.27. The fourth-order valence-electron chi connectivity index (χ4n) is 3.51. The minimum atomic E-state index is -0.575. The van der Waals surface area contributed by atoms with E-state index in [-0.39, 0.29) is 5.91 Å². The average Bonchev–Trinajstić information content (AvgIpc) is 3.04. The van der Waals surface area contributed by atoms with Gasteiger partial charge in [0.25, 0.3) is 0 Å². The largest absolute Gasteiger partial charge is 0.497 e. The van der Waals surface area contributed by atoms with E-state index in [0.29, 0.717) is 46.2 Å². The number of benzene rings is 2. The molecule has 140 valence electrons. The van der Waals surface area contributed by atoms with Gasteiger partial charge in [-0.15, -0.1) is 0 Å². The Bertz CT molecular complexity index is 1140. The lowest BCUT2D eigenvalue weighted by Crippen LogP contribution is -2.35. The van der Waals surface area contributed by atoms with Gasteiger partial charge in [-0.3, -0.25) is 9.69 Å². The fraction of sp³-hybridized carbons (Fsp3) is 0.190. The zero-order valence-corrected chi connectivity index (χ0v) is 15.9. The van der Waals surface area contributed by atoms with E-state index in [2.05, 4.69) is 11.1 Å². The third kappa shape index (κ3) is 2.95. The topological polar surface area (TPSA) is 92.2 Å². The number of carbonyl (C=O) groups excluding carboxylic acids is 1. The molecule has 7 heteroatoms. The summed E-state index contributed by atoms with van der Waals surface area (Å²) in [6, 6.07) is 14.4. The third-order valence-corrected chi connectivity index (χ3v) is 5.14. The summed E-state index contributed by atoms with van der Waals surface area (Å²) in [7, 11) is 1.58. The van der Waals surface area contributed by atoms with Gasteiger partial charge < -0.3 is 10.5 Å². The van der Waals surface area contributed by atoms with Crippen molar-refractivity contribution in [2.75, 3.05) is 18.6 Å². The lowest BCUT2D eigenvalue weighted by Gasteiger charge is -2.20. The second-order valence-electron chi connectivity index (χ2n) is 6.58. The Labute approximate surface area is 167 Å².